The highest BCUT2D eigenvalue weighted by atomic mass is 19.1. The fraction of sp³-hybridized carbons (Fsp3) is 0.538. The first kappa shape index (κ1) is 12.3. The van der Waals surface area contributed by atoms with Gasteiger partial charge in [-0.2, -0.15) is 0 Å². The third-order valence-electron chi connectivity index (χ3n) is 3.31. The molecule has 3 nitrogen and oxygen atoms in total. The Bertz CT molecular complexity index is 384. The van der Waals surface area contributed by atoms with E-state index in [-0.39, 0.29) is 17.9 Å². The van der Waals surface area contributed by atoms with Crippen LogP contribution in [-0.4, -0.2) is 22.4 Å². The summed E-state index contributed by atoms with van der Waals surface area (Å²) in [6.45, 7) is 0.513. The first-order valence-corrected chi connectivity index (χ1v) is 6.05. The molecule has 0 saturated heterocycles. The summed E-state index contributed by atoms with van der Waals surface area (Å²) in [6.07, 6.45) is 3.69. The standard InChI is InChI=1S/C13H18FNO2/c14-10-7-9(5-6-12(10)16)8-15-11-3-1-2-4-13(11)17/h5-7,11,13,15-17H,1-4,8H2. The Morgan fingerprint density at radius 2 is 2.06 bits per heavy atom. The number of halogens is 1. The van der Waals surface area contributed by atoms with E-state index in [0.717, 1.165) is 31.2 Å². The molecule has 1 aliphatic rings. The maximum absolute atomic E-state index is 13.1. The minimum atomic E-state index is -0.603. The van der Waals surface area contributed by atoms with Gasteiger partial charge in [0, 0.05) is 12.6 Å². The topological polar surface area (TPSA) is 52.5 Å². The molecule has 94 valence electrons. The van der Waals surface area contributed by atoms with Gasteiger partial charge in [0.2, 0.25) is 0 Å². The summed E-state index contributed by atoms with van der Waals surface area (Å²) in [5, 5.41) is 22.1. The van der Waals surface area contributed by atoms with E-state index in [4.69, 9.17) is 5.11 Å². The highest BCUT2D eigenvalue weighted by Gasteiger charge is 2.22. The van der Waals surface area contributed by atoms with Crippen molar-refractivity contribution >= 4 is 0 Å². The molecule has 0 heterocycles. The van der Waals surface area contributed by atoms with Gasteiger partial charge in [-0.1, -0.05) is 18.9 Å². The molecule has 2 unspecified atom stereocenters. The summed E-state index contributed by atoms with van der Waals surface area (Å²) >= 11 is 0. The summed E-state index contributed by atoms with van der Waals surface area (Å²) in [4.78, 5) is 0. The van der Waals surface area contributed by atoms with Crippen LogP contribution in [0.1, 0.15) is 31.2 Å². The van der Waals surface area contributed by atoms with Crippen LogP contribution in [0.2, 0.25) is 0 Å². The van der Waals surface area contributed by atoms with E-state index in [2.05, 4.69) is 5.32 Å². The third-order valence-corrected chi connectivity index (χ3v) is 3.31. The largest absolute Gasteiger partial charge is 0.505 e. The zero-order chi connectivity index (χ0) is 12.3. The minimum Gasteiger partial charge on any atom is -0.505 e. The Morgan fingerprint density at radius 3 is 2.76 bits per heavy atom. The summed E-state index contributed by atoms with van der Waals surface area (Å²) in [6, 6.07) is 4.45. The molecular weight excluding hydrogens is 221 g/mol. The van der Waals surface area contributed by atoms with Gasteiger partial charge < -0.3 is 15.5 Å². The first-order chi connectivity index (χ1) is 8.16. The van der Waals surface area contributed by atoms with Crippen LogP contribution >= 0.6 is 0 Å². The second-order valence-corrected chi connectivity index (χ2v) is 4.62. The second kappa shape index (κ2) is 5.47. The molecule has 4 heteroatoms. The number of hydrogen-bond acceptors (Lipinski definition) is 3. The smallest absolute Gasteiger partial charge is 0.165 e. The maximum atomic E-state index is 13.1. The van der Waals surface area contributed by atoms with E-state index >= 15 is 0 Å². The molecule has 17 heavy (non-hydrogen) atoms. The number of hydrogen-bond donors (Lipinski definition) is 3. The van der Waals surface area contributed by atoms with Crippen molar-refractivity contribution in [3.8, 4) is 5.75 Å². The van der Waals surface area contributed by atoms with Gasteiger partial charge >= 0.3 is 0 Å². The van der Waals surface area contributed by atoms with E-state index in [1.165, 1.54) is 12.1 Å². The molecule has 0 spiro atoms. The molecule has 0 bridgehead atoms. The number of aliphatic hydroxyl groups excluding tert-OH is 1. The predicted octanol–water partition coefficient (Wildman–Crippen LogP) is 1.92. The SMILES string of the molecule is Oc1ccc(CNC2CCCCC2O)cc1F. The van der Waals surface area contributed by atoms with Gasteiger partial charge in [0.05, 0.1) is 6.10 Å². The Labute approximate surface area is 100 Å². The van der Waals surface area contributed by atoms with Crippen LogP contribution in [0.5, 0.6) is 5.75 Å². The van der Waals surface area contributed by atoms with Crippen molar-refractivity contribution in [2.75, 3.05) is 0 Å². The van der Waals surface area contributed by atoms with Crippen molar-refractivity contribution < 1.29 is 14.6 Å². The molecule has 0 aromatic heterocycles. The summed E-state index contributed by atoms with van der Waals surface area (Å²) in [7, 11) is 0. The zero-order valence-corrected chi connectivity index (χ0v) is 9.69. The molecule has 1 fully saturated rings. The maximum Gasteiger partial charge on any atom is 0.165 e. The average Bonchev–Trinajstić information content (AvgIpc) is 2.32. The van der Waals surface area contributed by atoms with Crippen molar-refractivity contribution in [1.82, 2.24) is 5.32 Å². The van der Waals surface area contributed by atoms with Crippen molar-refractivity contribution in [3.05, 3.63) is 29.6 Å². The summed E-state index contributed by atoms with van der Waals surface area (Å²) in [5.41, 5.74) is 0.776. The predicted molar refractivity (Wildman–Crippen MR) is 63.2 cm³/mol. The molecule has 2 rings (SSSR count). The van der Waals surface area contributed by atoms with Gasteiger partial charge in [-0.3, -0.25) is 0 Å². The molecule has 0 amide bonds. The van der Waals surface area contributed by atoms with Gasteiger partial charge in [-0.25, -0.2) is 4.39 Å². The normalized spacial score (nSPS) is 24.8. The number of aliphatic hydroxyl groups is 1. The average molecular weight is 239 g/mol. The monoisotopic (exact) mass is 239 g/mol. The first-order valence-electron chi connectivity index (χ1n) is 6.05. The fourth-order valence-corrected chi connectivity index (χ4v) is 2.26. The van der Waals surface area contributed by atoms with E-state index in [1.807, 2.05) is 0 Å². The van der Waals surface area contributed by atoms with Gasteiger partial charge in [0.25, 0.3) is 0 Å². The van der Waals surface area contributed by atoms with E-state index in [0.29, 0.717) is 6.54 Å². The fourth-order valence-electron chi connectivity index (χ4n) is 2.26. The quantitative estimate of drug-likeness (QED) is 0.755. The van der Waals surface area contributed by atoms with Crippen molar-refractivity contribution in [3.63, 3.8) is 0 Å². The molecule has 1 aromatic carbocycles. The molecule has 1 saturated carbocycles. The highest BCUT2D eigenvalue weighted by molar-refractivity contribution is 5.27. The number of phenolic OH excluding ortho intramolecular Hbond substituents is 1. The minimum absolute atomic E-state index is 0.0978. The molecular formula is C13H18FNO2. The lowest BCUT2D eigenvalue weighted by Gasteiger charge is -2.28. The van der Waals surface area contributed by atoms with Gasteiger partial charge in [-0.05, 0) is 30.5 Å². The van der Waals surface area contributed by atoms with Crippen LogP contribution in [0, 0.1) is 5.82 Å². The molecule has 1 aromatic rings. The van der Waals surface area contributed by atoms with Crippen molar-refractivity contribution in [2.24, 2.45) is 0 Å². The number of nitrogens with one attached hydrogen (secondary N) is 1. The van der Waals surface area contributed by atoms with Crippen LogP contribution in [0.4, 0.5) is 4.39 Å². The lowest BCUT2D eigenvalue weighted by molar-refractivity contribution is 0.0902. The van der Waals surface area contributed by atoms with E-state index in [9.17, 15) is 9.50 Å². The molecule has 0 aliphatic heterocycles. The Hall–Kier alpha value is -1.13. The Morgan fingerprint density at radius 1 is 1.29 bits per heavy atom. The second-order valence-electron chi connectivity index (χ2n) is 4.62. The molecule has 0 radical (unpaired) electrons. The Balaban J connectivity index is 1.90. The zero-order valence-electron chi connectivity index (χ0n) is 9.69. The van der Waals surface area contributed by atoms with Crippen molar-refractivity contribution in [1.29, 1.82) is 0 Å². The third kappa shape index (κ3) is 3.17. The van der Waals surface area contributed by atoms with Gasteiger partial charge in [0.1, 0.15) is 0 Å². The summed E-state index contributed by atoms with van der Waals surface area (Å²) in [5.74, 6) is -0.931. The van der Waals surface area contributed by atoms with Gasteiger partial charge in [0.15, 0.2) is 11.6 Å². The number of rotatable bonds is 3. The van der Waals surface area contributed by atoms with Crippen molar-refractivity contribution in [2.45, 2.75) is 44.4 Å². The lowest BCUT2D eigenvalue weighted by atomic mass is 9.92. The number of phenols is 1. The molecule has 3 N–H and O–H groups in total. The number of aromatic hydroxyl groups is 1. The van der Waals surface area contributed by atoms with Crippen LogP contribution in [0.25, 0.3) is 0 Å². The molecule has 2 atom stereocenters. The van der Waals surface area contributed by atoms with Gasteiger partial charge in [-0.15, -0.1) is 0 Å². The lowest BCUT2D eigenvalue weighted by Crippen LogP contribution is -2.41. The highest BCUT2D eigenvalue weighted by Crippen LogP contribution is 2.20. The number of benzene rings is 1. The van der Waals surface area contributed by atoms with E-state index in [1.54, 1.807) is 6.07 Å². The molecule has 1 aliphatic carbocycles. The Kier molecular flexibility index (Phi) is 3.97. The van der Waals surface area contributed by atoms with Crippen LogP contribution in [-0.2, 0) is 6.54 Å². The van der Waals surface area contributed by atoms with Crippen LogP contribution in [0.3, 0.4) is 0 Å². The van der Waals surface area contributed by atoms with Crippen LogP contribution in [0.15, 0.2) is 18.2 Å². The summed E-state index contributed by atoms with van der Waals surface area (Å²) < 4.78 is 13.1. The van der Waals surface area contributed by atoms with E-state index < -0.39 is 5.82 Å². The van der Waals surface area contributed by atoms with Crippen LogP contribution < -0.4 is 5.32 Å².